The molecule has 0 amide bonds. The minimum atomic E-state index is -0.243. The fourth-order valence-electron chi connectivity index (χ4n) is 6.04. The van der Waals surface area contributed by atoms with Crippen LogP contribution in [0, 0.1) is 13.8 Å². The standard InChI is InChI=1S/C35H30ClN5O3/c1-20-26(5-3-7-28(20)35-40-31-15-22(19-42)14-29(36)33(31)44-35)27-6-4-8-30(21(27)2)39-34-32-24(9-11-37-34)13-23(16-38-32)17-41-12-10-25(43)18-41/h3-9,11,13-16,19,25,43H,10,12,17-18H2,1-2H3,(H,37,39)/t25-/m0/s1. The molecule has 0 radical (unpaired) electrons. The minimum absolute atomic E-state index is 0.243. The lowest BCUT2D eigenvalue weighted by atomic mass is 9.93. The van der Waals surface area contributed by atoms with Gasteiger partial charge in [-0.05, 0) is 84.5 Å². The first kappa shape index (κ1) is 28.2. The van der Waals surface area contributed by atoms with E-state index in [-0.39, 0.29) is 6.10 Å². The molecule has 1 saturated heterocycles. The number of nitrogens with zero attached hydrogens (tertiary/aromatic N) is 4. The van der Waals surface area contributed by atoms with Crippen LogP contribution in [0.5, 0.6) is 0 Å². The van der Waals surface area contributed by atoms with Gasteiger partial charge in [0.25, 0.3) is 0 Å². The molecule has 6 aromatic rings. The summed E-state index contributed by atoms with van der Waals surface area (Å²) in [7, 11) is 0. The number of nitrogens with one attached hydrogen (secondary N) is 1. The SMILES string of the molecule is Cc1c(Nc2nccc3cc(CN4CC[C@H](O)C4)cnc23)cccc1-c1cccc(-c2nc3cc(C=O)cc(Cl)c3o2)c1C. The first-order valence-corrected chi connectivity index (χ1v) is 14.9. The Hall–Kier alpha value is -4.63. The second-order valence-electron chi connectivity index (χ2n) is 11.3. The van der Waals surface area contributed by atoms with Crippen molar-refractivity contribution < 1.29 is 14.3 Å². The van der Waals surface area contributed by atoms with E-state index < -0.39 is 0 Å². The molecule has 220 valence electrons. The second-order valence-corrected chi connectivity index (χ2v) is 11.7. The Morgan fingerprint density at radius 2 is 1.84 bits per heavy atom. The number of carbonyl (C=O) groups excluding carboxylic acids is 1. The molecule has 0 saturated carbocycles. The largest absolute Gasteiger partial charge is 0.434 e. The molecule has 3 aromatic carbocycles. The number of hydrogen-bond donors (Lipinski definition) is 2. The number of anilines is 2. The molecule has 7 rings (SSSR count). The Kier molecular flexibility index (Phi) is 7.34. The molecule has 2 N–H and O–H groups in total. The van der Waals surface area contributed by atoms with Gasteiger partial charge in [0.1, 0.15) is 17.3 Å². The number of benzene rings is 3. The van der Waals surface area contributed by atoms with Crippen molar-refractivity contribution in [1.82, 2.24) is 19.9 Å². The van der Waals surface area contributed by atoms with E-state index in [0.29, 0.717) is 39.9 Å². The van der Waals surface area contributed by atoms with Gasteiger partial charge in [-0.2, -0.15) is 0 Å². The zero-order valence-electron chi connectivity index (χ0n) is 24.3. The van der Waals surface area contributed by atoms with Crippen molar-refractivity contribution >= 4 is 51.4 Å². The molecular formula is C35H30ClN5O3. The van der Waals surface area contributed by atoms with Crippen LogP contribution in [0.2, 0.25) is 5.02 Å². The smallest absolute Gasteiger partial charge is 0.227 e. The first-order valence-electron chi connectivity index (χ1n) is 14.5. The zero-order valence-corrected chi connectivity index (χ0v) is 25.1. The predicted molar refractivity (Wildman–Crippen MR) is 173 cm³/mol. The summed E-state index contributed by atoms with van der Waals surface area (Å²) >= 11 is 6.38. The van der Waals surface area contributed by atoms with Crippen molar-refractivity contribution in [2.75, 3.05) is 18.4 Å². The third kappa shape index (κ3) is 5.21. The summed E-state index contributed by atoms with van der Waals surface area (Å²) in [5.41, 5.74) is 9.32. The third-order valence-electron chi connectivity index (χ3n) is 8.35. The molecule has 0 unspecified atom stereocenters. The van der Waals surface area contributed by atoms with Gasteiger partial charge in [0.05, 0.1) is 11.1 Å². The van der Waals surface area contributed by atoms with Crippen LogP contribution in [-0.2, 0) is 6.54 Å². The highest BCUT2D eigenvalue weighted by Crippen LogP contribution is 2.38. The summed E-state index contributed by atoms with van der Waals surface area (Å²) in [4.78, 5) is 27.6. The molecule has 8 nitrogen and oxygen atoms in total. The van der Waals surface area contributed by atoms with Crippen molar-refractivity contribution in [3.05, 3.63) is 100 Å². The highest BCUT2D eigenvalue weighted by Gasteiger charge is 2.21. The lowest BCUT2D eigenvalue weighted by molar-refractivity contribution is 0.112. The van der Waals surface area contributed by atoms with Crippen molar-refractivity contribution in [1.29, 1.82) is 0 Å². The molecule has 4 heterocycles. The number of aliphatic hydroxyl groups is 1. The van der Waals surface area contributed by atoms with Crippen molar-refractivity contribution in [2.24, 2.45) is 0 Å². The summed E-state index contributed by atoms with van der Waals surface area (Å²) in [6, 6.07) is 19.6. The number of pyridine rings is 2. The summed E-state index contributed by atoms with van der Waals surface area (Å²) in [5, 5.41) is 14.8. The van der Waals surface area contributed by atoms with Crippen LogP contribution in [0.4, 0.5) is 11.5 Å². The molecule has 44 heavy (non-hydrogen) atoms. The molecule has 1 aliphatic heterocycles. The maximum absolute atomic E-state index is 11.3. The van der Waals surface area contributed by atoms with Gasteiger partial charge in [0, 0.05) is 54.2 Å². The van der Waals surface area contributed by atoms with Gasteiger partial charge in [-0.1, -0.05) is 35.9 Å². The van der Waals surface area contributed by atoms with E-state index in [2.05, 4.69) is 45.3 Å². The monoisotopic (exact) mass is 603 g/mol. The maximum Gasteiger partial charge on any atom is 0.227 e. The Balaban J connectivity index is 1.20. The van der Waals surface area contributed by atoms with E-state index in [0.717, 1.165) is 75.8 Å². The van der Waals surface area contributed by atoms with Gasteiger partial charge in [0.15, 0.2) is 11.4 Å². The summed E-state index contributed by atoms with van der Waals surface area (Å²) in [6.07, 6.45) is 5.02. The van der Waals surface area contributed by atoms with Crippen LogP contribution in [0.1, 0.15) is 33.5 Å². The van der Waals surface area contributed by atoms with Gasteiger partial charge < -0.3 is 14.8 Å². The summed E-state index contributed by atoms with van der Waals surface area (Å²) in [5.74, 6) is 1.14. The number of aldehydes is 1. The second kappa shape index (κ2) is 11.5. The van der Waals surface area contributed by atoms with Gasteiger partial charge in [-0.25, -0.2) is 9.97 Å². The number of rotatable bonds is 7. The molecule has 3 aromatic heterocycles. The average Bonchev–Trinajstić information content (AvgIpc) is 3.64. The Bertz CT molecular complexity index is 2060. The molecule has 0 spiro atoms. The third-order valence-corrected chi connectivity index (χ3v) is 8.63. The van der Waals surface area contributed by atoms with E-state index in [1.165, 1.54) is 0 Å². The highest BCUT2D eigenvalue weighted by molar-refractivity contribution is 6.35. The van der Waals surface area contributed by atoms with Crippen molar-refractivity contribution in [2.45, 2.75) is 32.9 Å². The Labute approximate surface area is 259 Å². The van der Waals surface area contributed by atoms with Crippen LogP contribution >= 0.6 is 11.6 Å². The average molecular weight is 604 g/mol. The number of carbonyl (C=O) groups is 1. The van der Waals surface area contributed by atoms with Gasteiger partial charge in [-0.3, -0.25) is 14.7 Å². The van der Waals surface area contributed by atoms with Gasteiger partial charge >= 0.3 is 0 Å². The number of likely N-dealkylation sites (tertiary alicyclic amines) is 1. The van der Waals surface area contributed by atoms with Crippen LogP contribution in [0.25, 0.3) is 44.6 Å². The van der Waals surface area contributed by atoms with E-state index in [9.17, 15) is 9.90 Å². The van der Waals surface area contributed by atoms with Crippen molar-refractivity contribution in [3.8, 4) is 22.6 Å². The number of hydrogen-bond acceptors (Lipinski definition) is 8. The molecule has 1 fully saturated rings. The maximum atomic E-state index is 11.3. The molecule has 9 heteroatoms. The lowest BCUT2D eigenvalue weighted by Gasteiger charge is -2.17. The van der Waals surface area contributed by atoms with Crippen LogP contribution in [0.3, 0.4) is 0 Å². The normalized spacial score (nSPS) is 15.3. The topological polar surface area (TPSA) is 104 Å². The predicted octanol–water partition coefficient (Wildman–Crippen LogP) is 7.50. The molecular weight excluding hydrogens is 574 g/mol. The van der Waals surface area contributed by atoms with E-state index in [1.807, 2.05) is 43.5 Å². The lowest BCUT2D eigenvalue weighted by Crippen LogP contribution is -2.21. The van der Waals surface area contributed by atoms with Gasteiger partial charge in [0.2, 0.25) is 5.89 Å². The van der Waals surface area contributed by atoms with Gasteiger partial charge in [-0.15, -0.1) is 0 Å². The quantitative estimate of drug-likeness (QED) is 0.181. The molecule has 1 atom stereocenters. The summed E-state index contributed by atoms with van der Waals surface area (Å²) in [6.45, 7) is 6.50. The van der Waals surface area contributed by atoms with Crippen LogP contribution in [-0.4, -0.2) is 50.4 Å². The zero-order chi connectivity index (χ0) is 30.4. The number of aromatic nitrogens is 3. The number of oxazole rings is 1. The molecule has 1 aliphatic rings. The first-order chi connectivity index (χ1) is 21.4. The van der Waals surface area contributed by atoms with E-state index in [4.69, 9.17) is 21.0 Å². The Morgan fingerprint density at radius 1 is 1.05 bits per heavy atom. The molecule has 0 bridgehead atoms. The van der Waals surface area contributed by atoms with E-state index in [1.54, 1.807) is 18.3 Å². The summed E-state index contributed by atoms with van der Waals surface area (Å²) < 4.78 is 6.08. The highest BCUT2D eigenvalue weighted by atomic mass is 35.5. The number of fused-ring (bicyclic) bond motifs is 2. The van der Waals surface area contributed by atoms with Crippen LogP contribution in [0.15, 0.2) is 77.5 Å². The Morgan fingerprint density at radius 3 is 2.64 bits per heavy atom. The molecule has 0 aliphatic carbocycles. The number of β-amino-alcohol motifs (C(OH)–C–C–N with tert-alkyl or cyclic N) is 1. The number of halogens is 1. The van der Waals surface area contributed by atoms with Crippen molar-refractivity contribution in [3.63, 3.8) is 0 Å². The fourth-order valence-corrected chi connectivity index (χ4v) is 6.30. The van der Waals surface area contributed by atoms with Crippen LogP contribution < -0.4 is 5.32 Å². The number of aliphatic hydroxyl groups excluding tert-OH is 1. The van der Waals surface area contributed by atoms with E-state index >= 15 is 0 Å². The fraction of sp³-hybridized carbons (Fsp3) is 0.200. The minimum Gasteiger partial charge on any atom is -0.434 e.